The number of pyridine rings is 1. The van der Waals surface area contributed by atoms with Crippen molar-refractivity contribution < 1.29 is 9.53 Å². The average Bonchev–Trinajstić information content (AvgIpc) is 3.06. The van der Waals surface area contributed by atoms with Crippen LogP contribution in [0, 0.1) is 11.8 Å². The SMILES string of the molecule is CC(C)CN1CC[C@@H](CNC(=O)Nc2ccc(N3C[C@@H](C)O[C@@H](C)C3)nc2)C1. The number of likely N-dealkylation sites (tertiary alicyclic amines) is 1. The molecule has 3 atom stereocenters. The molecule has 0 bridgehead atoms. The fourth-order valence-corrected chi connectivity index (χ4v) is 4.19. The van der Waals surface area contributed by atoms with E-state index in [1.807, 2.05) is 12.1 Å². The lowest BCUT2D eigenvalue weighted by Gasteiger charge is -2.36. The standard InChI is InChI=1S/C21H35N5O2/c1-15(2)11-25-8-7-18(14-25)9-23-21(27)24-19-5-6-20(22-10-19)26-12-16(3)28-17(4)13-26/h5-6,10,15-18H,7-9,11-14H2,1-4H3,(H2,23,24,27)/t16-,17+,18-/m0/s1. The number of aromatic nitrogens is 1. The highest BCUT2D eigenvalue weighted by atomic mass is 16.5. The van der Waals surface area contributed by atoms with Crippen molar-refractivity contribution in [3.8, 4) is 0 Å². The normalized spacial score (nSPS) is 25.9. The van der Waals surface area contributed by atoms with Crippen molar-refractivity contribution in [2.45, 2.75) is 46.3 Å². The van der Waals surface area contributed by atoms with E-state index in [1.165, 1.54) is 0 Å². The molecule has 0 aromatic carbocycles. The Bertz CT molecular complexity index is 626. The van der Waals surface area contributed by atoms with Crippen LogP contribution in [-0.2, 0) is 4.74 Å². The summed E-state index contributed by atoms with van der Waals surface area (Å²) in [6.45, 7) is 14.4. The van der Waals surface area contributed by atoms with Gasteiger partial charge in [-0.2, -0.15) is 0 Å². The lowest BCUT2D eigenvalue weighted by atomic mass is 10.1. The van der Waals surface area contributed by atoms with Crippen molar-refractivity contribution in [3.63, 3.8) is 0 Å². The third-order valence-electron chi connectivity index (χ3n) is 5.29. The number of carbonyl (C=O) groups excluding carboxylic acids is 1. The fourth-order valence-electron chi connectivity index (χ4n) is 4.19. The lowest BCUT2D eigenvalue weighted by molar-refractivity contribution is -0.00545. The Labute approximate surface area is 168 Å². The predicted molar refractivity (Wildman–Crippen MR) is 113 cm³/mol. The van der Waals surface area contributed by atoms with E-state index >= 15 is 0 Å². The van der Waals surface area contributed by atoms with Gasteiger partial charge in [0, 0.05) is 32.7 Å². The number of ether oxygens (including phenoxy) is 1. The molecule has 0 unspecified atom stereocenters. The molecule has 156 valence electrons. The summed E-state index contributed by atoms with van der Waals surface area (Å²) in [5.74, 6) is 2.15. The summed E-state index contributed by atoms with van der Waals surface area (Å²) in [5.41, 5.74) is 0.712. The summed E-state index contributed by atoms with van der Waals surface area (Å²) in [4.78, 5) is 21.4. The molecule has 2 aliphatic heterocycles. The van der Waals surface area contributed by atoms with Gasteiger partial charge in [0.1, 0.15) is 5.82 Å². The highest BCUT2D eigenvalue weighted by molar-refractivity contribution is 5.89. The van der Waals surface area contributed by atoms with Gasteiger partial charge in [0.2, 0.25) is 0 Å². The van der Waals surface area contributed by atoms with Gasteiger partial charge in [0.05, 0.1) is 24.1 Å². The number of rotatable bonds is 6. The minimum absolute atomic E-state index is 0.162. The van der Waals surface area contributed by atoms with Gasteiger partial charge in [0.15, 0.2) is 0 Å². The Morgan fingerprint density at radius 3 is 2.64 bits per heavy atom. The molecule has 1 aromatic rings. The van der Waals surface area contributed by atoms with Crippen molar-refractivity contribution in [2.24, 2.45) is 11.8 Å². The molecule has 3 heterocycles. The second-order valence-electron chi connectivity index (χ2n) is 8.71. The Morgan fingerprint density at radius 2 is 2.00 bits per heavy atom. The third kappa shape index (κ3) is 6.07. The van der Waals surface area contributed by atoms with E-state index in [1.54, 1.807) is 6.20 Å². The Hall–Kier alpha value is -1.86. The number of hydrogen-bond acceptors (Lipinski definition) is 5. The molecule has 2 aliphatic rings. The molecule has 0 spiro atoms. The van der Waals surface area contributed by atoms with Gasteiger partial charge in [-0.05, 0) is 50.8 Å². The van der Waals surface area contributed by atoms with Crippen molar-refractivity contribution in [3.05, 3.63) is 18.3 Å². The minimum Gasteiger partial charge on any atom is -0.372 e. The molecule has 2 fully saturated rings. The van der Waals surface area contributed by atoms with Crippen molar-refractivity contribution in [1.29, 1.82) is 0 Å². The molecule has 7 heteroatoms. The predicted octanol–water partition coefficient (Wildman–Crippen LogP) is 2.79. The van der Waals surface area contributed by atoms with Crippen molar-refractivity contribution in [2.75, 3.05) is 49.5 Å². The van der Waals surface area contributed by atoms with Crippen LogP contribution in [0.25, 0.3) is 0 Å². The van der Waals surface area contributed by atoms with E-state index in [2.05, 4.69) is 53.1 Å². The lowest BCUT2D eigenvalue weighted by Crippen LogP contribution is -2.45. The van der Waals surface area contributed by atoms with E-state index in [9.17, 15) is 4.79 Å². The number of amides is 2. The van der Waals surface area contributed by atoms with Gasteiger partial charge in [-0.3, -0.25) is 0 Å². The number of anilines is 2. The zero-order valence-corrected chi connectivity index (χ0v) is 17.6. The van der Waals surface area contributed by atoms with Crippen LogP contribution < -0.4 is 15.5 Å². The van der Waals surface area contributed by atoms with Crippen LogP contribution in [0.4, 0.5) is 16.3 Å². The number of nitrogens with zero attached hydrogens (tertiary/aromatic N) is 3. The first kappa shape index (κ1) is 20.9. The summed E-state index contributed by atoms with van der Waals surface area (Å²) >= 11 is 0. The van der Waals surface area contributed by atoms with Crippen LogP contribution >= 0.6 is 0 Å². The summed E-state index contributed by atoms with van der Waals surface area (Å²) in [7, 11) is 0. The van der Waals surface area contributed by atoms with Crippen LogP contribution in [0.1, 0.15) is 34.1 Å². The van der Waals surface area contributed by atoms with Crippen LogP contribution in [0.3, 0.4) is 0 Å². The van der Waals surface area contributed by atoms with E-state index in [0.29, 0.717) is 17.5 Å². The van der Waals surface area contributed by atoms with Gasteiger partial charge in [-0.15, -0.1) is 0 Å². The molecular weight excluding hydrogens is 354 g/mol. The van der Waals surface area contributed by atoms with Gasteiger partial charge in [-0.25, -0.2) is 9.78 Å². The molecule has 2 amide bonds. The largest absolute Gasteiger partial charge is 0.372 e. The maximum Gasteiger partial charge on any atom is 0.319 e. The topological polar surface area (TPSA) is 69.7 Å². The number of hydrogen-bond donors (Lipinski definition) is 2. The van der Waals surface area contributed by atoms with Gasteiger partial charge < -0.3 is 25.2 Å². The van der Waals surface area contributed by atoms with E-state index in [0.717, 1.165) is 51.5 Å². The molecule has 1 aromatic heterocycles. The summed E-state index contributed by atoms with van der Waals surface area (Å²) < 4.78 is 5.77. The number of urea groups is 1. The van der Waals surface area contributed by atoms with Crippen molar-refractivity contribution >= 4 is 17.5 Å². The van der Waals surface area contributed by atoms with E-state index in [4.69, 9.17) is 4.74 Å². The van der Waals surface area contributed by atoms with Crippen LogP contribution in [0.2, 0.25) is 0 Å². The maximum atomic E-state index is 12.2. The zero-order valence-electron chi connectivity index (χ0n) is 17.6. The number of nitrogens with one attached hydrogen (secondary N) is 2. The molecule has 3 rings (SSSR count). The first-order chi connectivity index (χ1) is 13.4. The summed E-state index contributed by atoms with van der Waals surface area (Å²) in [5, 5.41) is 5.89. The number of carbonyl (C=O) groups is 1. The second-order valence-corrected chi connectivity index (χ2v) is 8.71. The zero-order chi connectivity index (χ0) is 20.1. The fraction of sp³-hybridized carbons (Fsp3) is 0.714. The highest BCUT2D eigenvalue weighted by Crippen LogP contribution is 2.20. The molecule has 2 N–H and O–H groups in total. The van der Waals surface area contributed by atoms with Crippen LogP contribution in [0.15, 0.2) is 18.3 Å². The van der Waals surface area contributed by atoms with Crippen molar-refractivity contribution in [1.82, 2.24) is 15.2 Å². The average molecular weight is 390 g/mol. The van der Waals surface area contributed by atoms with Gasteiger partial charge in [-0.1, -0.05) is 13.8 Å². The Kier molecular flexibility index (Phi) is 7.13. The smallest absolute Gasteiger partial charge is 0.319 e. The highest BCUT2D eigenvalue weighted by Gasteiger charge is 2.24. The first-order valence-corrected chi connectivity index (χ1v) is 10.5. The molecule has 0 saturated carbocycles. The Balaban J connectivity index is 1.42. The molecule has 0 aliphatic carbocycles. The molecule has 2 saturated heterocycles. The minimum atomic E-state index is -0.162. The molecule has 7 nitrogen and oxygen atoms in total. The Morgan fingerprint density at radius 1 is 1.25 bits per heavy atom. The van der Waals surface area contributed by atoms with Gasteiger partial charge >= 0.3 is 6.03 Å². The third-order valence-corrected chi connectivity index (χ3v) is 5.29. The quantitative estimate of drug-likeness (QED) is 0.783. The van der Waals surface area contributed by atoms with Crippen LogP contribution in [-0.4, -0.2) is 67.4 Å². The molecule has 28 heavy (non-hydrogen) atoms. The first-order valence-electron chi connectivity index (χ1n) is 10.5. The van der Waals surface area contributed by atoms with Crippen LogP contribution in [0.5, 0.6) is 0 Å². The van der Waals surface area contributed by atoms with E-state index < -0.39 is 0 Å². The van der Waals surface area contributed by atoms with Gasteiger partial charge in [0.25, 0.3) is 0 Å². The number of morpholine rings is 1. The second kappa shape index (κ2) is 9.56. The van der Waals surface area contributed by atoms with E-state index in [-0.39, 0.29) is 18.2 Å². The monoisotopic (exact) mass is 389 g/mol. The summed E-state index contributed by atoms with van der Waals surface area (Å²) in [6.07, 6.45) is 3.27. The summed E-state index contributed by atoms with van der Waals surface area (Å²) in [6, 6.07) is 3.71. The molecule has 0 radical (unpaired) electrons. The maximum absolute atomic E-state index is 12.2. The molecular formula is C21H35N5O2.